The summed E-state index contributed by atoms with van der Waals surface area (Å²) in [6, 6.07) is 4.87. The van der Waals surface area contributed by atoms with Gasteiger partial charge in [0, 0.05) is 37.0 Å². The molecule has 3 aromatic rings. The van der Waals surface area contributed by atoms with Crippen molar-refractivity contribution in [3.63, 3.8) is 0 Å². The number of H-pyrrole nitrogens is 1. The number of benzene rings is 1. The standard InChI is InChI=1S/C20H21ClN4O3/c1-10(2)19-23-15-5-6-25(8-13(15)20(27)24-19)9-14-17(26)12-7-11(21)3-4-16(12)28-18(14)22/h3-4,7,10H,5-6,8-9,22H2,1-2H3,(H,23,24,27). The van der Waals surface area contributed by atoms with E-state index in [0.29, 0.717) is 59.0 Å². The lowest BCUT2D eigenvalue weighted by Crippen LogP contribution is -2.37. The van der Waals surface area contributed by atoms with Crippen LogP contribution in [0.2, 0.25) is 5.02 Å². The molecule has 3 heterocycles. The fourth-order valence-corrected chi connectivity index (χ4v) is 3.68. The molecule has 0 radical (unpaired) electrons. The molecular formula is C20H21ClN4O3. The normalized spacial score (nSPS) is 14.6. The van der Waals surface area contributed by atoms with Crippen LogP contribution in [0.3, 0.4) is 0 Å². The lowest BCUT2D eigenvalue weighted by Gasteiger charge is -2.28. The van der Waals surface area contributed by atoms with Crippen LogP contribution in [0.4, 0.5) is 5.88 Å². The van der Waals surface area contributed by atoms with Crippen molar-refractivity contribution in [2.24, 2.45) is 0 Å². The van der Waals surface area contributed by atoms with Crippen molar-refractivity contribution in [2.45, 2.75) is 39.3 Å². The van der Waals surface area contributed by atoms with Gasteiger partial charge in [0.2, 0.25) is 0 Å². The van der Waals surface area contributed by atoms with Gasteiger partial charge in [-0.25, -0.2) is 4.98 Å². The Morgan fingerprint density at radius 2 is 2.14 bits per heavy atom. The van der Waals surface area contributed by atoms with Crippen LogP contribution in [0.1, 0.15) is 42.4 Å². The Bertz CT molecular complexity index is 1180. The van der Waals surface area contributed by atoms with Gasteiger partial charge in [-0.05, 0) is 18.2 Å². The number of nitrogen functional groups attached to an aromatic ring is 1. The number of aromatic nitrogens is 2. The quantitative estimate of drug-likeness (QED) is 0.700. The molecule has 0 atom stereocenters. The van der Waals surface area contributed by atoms with E-state index in [2.05, 4.69) is 9.97 Å². The number of nitrogens with zero attached hydrogens (tertiary/aromatic N) is 2. The maximum Gasteiger partial charge on any atom is 0.255 e. The van der Waals surface area contributed by atoms with Crippen molar-refractivity contribution in [2.75, 3.05) is 12.3 Å². The molecule has 0 bridgehead atoms. The zero-order valence-electron chi connectivity index (χ0n) is 15.7. The zero-order chi connectivity index (χ0) is 20.0. The Balaban J connectivity index is 1.67. The molecule has 0 unspecified atom stereocenters. The van der Waals surface area contributed by atoms with Crippen LogP contribution in [-0.2, 0) is 19.5 Å². The van der Waals surface area contributed by atoms with Gasteiger partial charge in [-0.2, -0.15) is 0 Å². The molecule has 146 valence electrons. The summed E-state index contributed by atoms with van der Waals surface area (Å²) >= 11 is 6.02. The van der Waals surface area contributed by atoms with E-state index in [1.165, 1.54) is 0 Å². The van der Waals surface area contributed by atoms with Gasteiger partial charge in [0.1, 0.15) is 11.4 Å². The summed E-state index contributed by atoms with van der Waals surface area (Å²) in [6.07, 6.45) is 0.642. The van der Waals surface area contributed by atoms with Crippen LogP contribution in [0, 0.1) is 0 Å². The largest absolute Gasteiger partial charge is 0.440 e. The number of fused-ring (bicyclic) bond motifs is 2. The second-order valence-corrected chi connectivity index (χ2v) is 7.84. The number of nitrogens with one attached hydrogen (secondary N) is 1. The molecule has 3 N–H and O–H groups in total. The highest BCUT2D eigenvalue weighted by atomic mass is 35.5. The Kier molecular flexibility index (Phi) is 4.72. The summed E-state index contributed by atoms with van der Waals surface area (Å²) in [7, 11) is 0. The summed E-state index contributed by atoms with van der Waals surface area (Å²) in [5, 5.41) is 0.858. The molecule has 1 aliphatic rings. The van der Waals surface area contributed by atoms with E-state index >= 15 is 0 Å². The minimum atomic E-state index is -0.200. The molecule has 0 amide bonds. The number of hydrogen-bond donors (Lipinski definition) is 2. The van der Waals surface area contributed by atoms with Gasteiger partial charge in [0.05, 0.1) is 22.2 Å². The van der Waals surface area contributed by atoms with Crippen molar-refractivity contribution in [3.05, 3.63) is 66.4 Å². The maximum absolute atomic E-state index is 12.9. The van der Waals surface area contributed by atoms with E-state index in [0.717, 1.165) is 5.69 Å². The van der Waals surface area contributed by atoms with Gasteiger partial charge in [-0.1, -0.05) is 25.4 Å². The molecule has 1 aromatic carbocycles. The smallest absolute Gasteiger partial charge is 0.255 e. The average molecular weight is 401 g/mol. The number of hydrogen-bond acceptors (Lipinski definition) is 6. The Hall–Kier alpha value is -2.64. The Morgan fingerprint density at radius 1 is 1.36 bits per heavy atom. The molecule has 0 spiro atoms. The molecule has 0 saturated carbocycles. The number of aromatic amines is 1. The van der Waals surface area contributed by atoms with Crippen molar-refractivity contribution >= 4 is 28.5 Å². The van der Waals surface area contributed by atoms with Crippen molar-refractivity contribution in [3.8, 4) is 0 Å². The molecule has 8 heteroatoms. The molecule has 2 aromatic heterocycles. The second kappa shape index (κ2) is 7.07. The van der Waals surface area contributed by atoms with Gasteiger partial charge in [-0.15, -0.1) is 0 Å². The van der Waals surface area contributed by atoms with Crippen LogP contribution in [0.15, 0.2) is 32.2 Å². The molecule has 28 heavy (non-hydrogen) atoms. The van der Waals surface area contributed by atoms with Crippen LogP contribution in [0.25, 0.3) is 11.0 Å². The van der Waals surface area contributed by atoms with Crippen molar-refractivity contribution in [1.82, 2.24) is 14.9 Å². The minimum absolute atomic E-state index is 0.0906. The van der Waals surface area contributed by atoms with E-state index in [-0.39, 0.29) is 22.8 Å². The maximum atomic E-state index is 12.9. The number of rotatable bonds is 3. The van der Waals surface area contributed by atoms with E-state index in [9.17, 15) is 9.59 Å². The first-order valence-corrected chi connectivity index (χ1v) is 9.56. The third kappa shape index (κ3) is 3.31. The molecule has 7 nitrogen and oxygen atoms in total. The Morgan fingerprint density at radius 3 is 2.89 bits per heavy atom. The first kappa shape index (κ1) is 18.7. The summed E-state index contributed by atoms with van der Waals surface area (Å²) < 4.78 is 5.62. The average Bonchev–Trinajstić information content (AvgIpc) is 2.66. The summed E-state index contributed by atoms with van der Waals surface area (Å²) in [6.45, 7) is 5.36. The van der Waals surface area contributed by atoms with Crippen LogP contribution < -0.4 is 16.7 Å². The zero-order valence-corrected chi connectivity index (χ0v) is 16.5. The highest BCUT2D eigenvalue weighted by Gasteiger charge is 2.24. The molecule has 0 saturated heterocycles. The summed E-state index contributed by atoms with van der Waals surface area (Å²) in [4.78, 5) is 34.9. The number of nitrogens with two attached hydrogens (primary N) is 1. The SMILES string of the molecule is CC(C)c1nc2c(c(=O)[nH]1)CN(Cc1c(N)oc3ccc(Cl)cc3c1=O)CC2. The summed E-state index contributed by atoms with van der Waals surface area (Å²) in [5.74, 6) is 0.950. The highest BCUT2D eigenvalue weighted by Crippen LogP contribution is 2.23. The number of halogens is 1. The van der Waals surface area contributed by atoms with Crippen LogP contribution >= 0.6 is 11.6 Å². The summed E-state index contributed by atoms with van der Waals surface area (Å²) in [5.41, 5.74) is 7.94. The number of anilines is 1. The van der Waals surface area contributed by atoms with Crippen molar-refractivity contribution < 1.29 is 4.42 Å². The monoisotopic (exact) mass is 400 g/mol. The van der Waals surface area contributed by atoms with Crippen LogP contribution in [0.5, 0.6) is 0 Å². The van der Waals surface area contributed by atoms with Crippen LogP contribution in [-0.4, -0.2) is 21.4 Å². The molecule has 4 rings (SSSR count). The third-order valence-electron chi connectivity index (χ3n) is 5.07. The fourth-order valence-electron chi connectivity index (χ4n) is 3.51. The highest BCUT2D eigenvalue weighted by molar-refractivity contribution is 6.31. The predicted octanol–water partition coefficient (Wildman–Crippen LogP) is 2.79. The molecular weight excluding hydrogens is 380 g/mol. The van der Waals surface area contributed by atoms with Gasteiger partial charge >= 0.3 is 0 Å². The van der Waals surface area contributed by atoms with Gasteiger partial charge in [0.15, 0.2) is 11.3 Å². The first-order valence-electron chi connectivity index (χ1n) is 9.18. The van der Waals surface area contributed by atoms with Crippen molar-refractivity contribution in [1.29, 1.82) is 0 Å². The third-order valence-corrected chi connectivity index (χ3v) is 5.31. The lowest BCUT2D eigenvalue weighted by atomic mass is 10.0. The predicted molar refractivity (Wildman–Crippen MR) is 109 cm³/mol. The van der Waals surface area contributed by atoms with E-state index < -0.39 is 0 Å². The molecule has 0 aliphatic carbocycles. The van der Waals surface area contributed by atoms with Gasteiger partial charge in [-0.3, -0.25) is 14.5 Å². The Labute approximate surface area is 166 Å². The topological polar surface area (TPSA) is 105 Å². The minimum Gasteiger partial charge on any atom is -0.440 e. The second-order valence-electron chi connectivity index (χ2n) is 7.41. The van der Waals surface area contributed by atoms with E-state index in [4.69, 9.17) is 21.8 Å². The molecule has 1 aliphatic heterocycles. The van der Waals surface area contributed by atoms with E-state index in [1.807, 2.05) is 18.7 Å². The fraction of sp³-hybridized carbons (Fsp3) is 0.350. The lowest BCUT2D eigenvalue weighted by molar-refractivity contribution is 0.240. The van der Waals surface area contributed by atoms with Gasteiger partial charge < -0.3 is 15.1 Å². The van der Waals surface area contributed by atoms with E-state index in [1.54, 1.807) is 18.2 Å². The van der Waals surface area contributed by atoms with Gasteiger partial charge in [0.25, 0.3) is 5.56 Å². The first-order chi connectivity index (χ1) is 13.3. The molecule has 0 fully saturated rings.